The van der Waals surface area contributed by atoms with Crippen LogP contribution in [-0.2, 0) is 11.3 Å². The van der Waals surface area contributed by atoms with Crippen LogP contribution < -0.4 is 0 Å². The van der Waals surface area contributed by atoms with E-state index in [9.17, 15) is 5.11 Å². The van der Waals surface area contributed by atoms with E-state index in [4.69, 9.17) is 4.74 Å². The monoisotopic (exact) mass is 194 g/mol. The quantitative estimate of drug-likeness (QED) is 0.753. The van der Waals surface area contributed by atoms with E-state index in [0.29, 0.717) is 13.2 Å². The van der Waals surface area contributed by atoms with E-state index in [1.165, 1.54) is 0 Å². The zero-order chi connectivity index (χ0) is 10.2. The van der Waals surface area contributed by atoms with Crippen molar-refractivity contribution < 1.29 is 9.84 Å². The van der Waals surface area contributed by atoms with Crippen LogP contribution >= 0.6 is 0 Å². The molecule has 0 aliphatic heterocycles. The third-order valence-corrected chi connectivity index (χ3v) is 2.04. The van der Waals surface area contributed by atoms with Gasteiger partial charge in [-0.15, -0.1) is 0 Å². The molecule has 0 radical (unpaired) electrons. The Morgan fingerprint density at radius 1 is 1.29 bits per heavy atom. The van der Waals surface area contributed by atoms with E-state index in [-0.39, 0.29) is 6.10 Å². The van der Waals surface area contributed by atoms with Crippen LogP contribution in [0.5, 0.6) is 0 Å². The number of hydrogen-bond donors (Lipinski definition) is 1. The fraction of sp³-hybridized carbons (Fsp3) is 0.500. The van der Waals surface area contributed by atoms with Gasteiger partial charge < -0.3 is 9.84 Å². The van der Waals surface area contributed by atoms with E-state index in [0.717, 1.165) is 18.4 Å². The second-order valence-corrected chi connectivity index (χ2v) is 3.44. The topological polar surface area (TPSA) is 29.5 Å². The summed E-state index contributed by atoms with van der Waals surface area (Å²) in [7, 11) is 0. The zero-order valence-corrected chi connectivity index (χ0v) is 8.65. The van der Waals surface area contributed by atoms with E-state index >= 15 is 0 Å². The van der Waals surface area contributed by atoms with Crippen LogP contribution in [-0.4, -0.2) is 17.8 Å². The van der Waals surface area contributed by atoms with Crippen molar-refractivity contribution >= 4 is 0 Å². The highest BCUT2D eigenvalue weighted by Gasteiger charge is 2.01. The van der Waals surface area contributed by atoms with Crippen molar-refractivity contribution in [1.29, 1.82) is 0 Å². The molecule has 0 saturated heterocycles. The maximum Gasteiger partial charge on any atom is 0.0773 e. The normalized spacial score (nSPS) is 12.7. The first-order valence-electron chi connectivity index (χ1n) is 5.12. The molecular weight excluding hydrogens is 176 g/mol. The Kier molecular flexibility index (Phi) is 5.27. The molecule has 1 aromatic carbocycles. The molecule has 1 aromatic rings. The summed E-state index contributed by atoms with van der Waals surface area (Å²) < 4.78 is 5.38. The van der Waals surface area contributed by atoms with Crippen molar-refractivity contribution in [3.63, 3.8) is 0 Å². The van der Waals surface area contributed by atoms with Crippen molar-refractivity contribution in [2.75, 3.05) is 6.61 Å². The summed E-state index contributed by atoms with van der Waals surface area (Å²) in [5.41, 5.74) is 1.15. The predicted octanol–water partition coefficient (Wildman–Crippen LogP) is 2.36. The van der Waals surface area contributed by atoms with Crippen molar-refractivity contribution in [3.05, 3.63) is 35.9 Å². The maximum absolute atomic E-state index is 9.40. The Hall–Kier alpha value is -0.860. The fourth-order valence-corrected chi connectivity index (χ4v) is 1.30. The van der Waals surface area contributed by atoms with Crippen LogP contribution in [0, 0.1) is 0 Å². The molecule has 78 valence electrons. The Morgan fingerprint density at radius 3 is 2.64 bits per heavy atom. The van der Waals surface area contributed by atoms with Crippen LogP contribution in [0.1, 0.15) is 25.3 Å². The molecule has 0 fully saturated rings. The lowest BCUT2D eigenvalue weighted by atomic mass is 10.2. The zero-order valence-electron chi connectivity index (χ0n) is 8.65. The van der Waals surface area contributed by atoms with E-state index < -0.39 is 0 Å². The molecule has 0 spiro atoms. The third-order valence-electron chi connectivity index (χ3n) is 2.04. The molecule has 0 aliphatic carbocycles. The summed E-state index contributed by atoms with van der Waals surface area (Å²) in [5, 5.41) is 9.40. The minimum atomic E-state index is -0.316. The highest BCUT2D eigenvalue weighted by Crippen LogP contribution is 2.02. The van der Waals surface area contributed by atoms with Gasteiger partial charge in [0.05, 0.1) is 19.3 Å². The van der Waals surface area contributed by atoms with E-state index in [1.54, 1.807) is 0 Å². The summed E-state index contributed by atoms with van der Waals surface area (Å²) >= 11 is 0. The predicted molar refractivity (Wildman–Crippen MR) is 57.0 cm³/mol. The average Bonchev–Trinajstić information content (AvgIpc) is 2.20. The summed E-state index contributed by atoms with van der Waals surface area (Å²) in [4.78, 5) is 0. The van der Waals surface area contributed by atoms with Crippen LogP contribution in [0.15, 0.2) is 30.3 Å². The van der Waals surface area contributed by atoms with Crippen molar-refractivity contribution in [1.82, 2.24) is 0 Å². The molecule has 0 aliphatic rings. The summed E-state index contributed by atoms with van der Waals surface area (Å²) in [6.45, 7) is 3.07. The molecule has 1 unspecified atom stereocenters. The van der Waals surface area contributed by atoms with Gasteiger partial charge in [-0.3, -0.25) is 0 Å². The SMILES string of the molecule is CCCC(O)COCc1ccccc1. The van der Waals surface area contributed by atoms with Crippen LogP contribution in [0.2, 0.25) is 0 Å². The lowest BCUT2D eigenvalue weighted by Gasteiger charge is -2.09. The Bertz CT molecular complexity index is 233. The van der Waals surface area contributed by atoms with Crippen molar-refractivity contribution in [2.45, 2.75) is 32.5 Å². The fourth-order valence-electron chi connectivity index (χ4n) is 1.30. The second kappa shape index (κ2) is 6.57. The van der Waals surface area contributed by atoms with Crippen LogP contribution in [0.25, 0.3) is 0 Å². The molecule has 0 aromatic heterocycles. The molecule has 14 heavy (non-hydrogen) atoms. The standard InChI is InChI=1S/C12H18O2/c1-2-6-12(13)10-14-9-11-7-4-3-5-8-11/h3-5,7-8,12-13H,2,6,9-10H2,1H3. The Morgan fingerprint density at radius 2 is 2.00 bits per heavy atom. The van der Waals surface area contributed by atoms with Gasteiger partial charge in [-0.2, -0.15) is 0 Å². The highest BCUT2D eigenvalue weighted by atomic mass is 16.5. The highest BCUT2D eigenvalue weighted by molar-refractivity contribution is 5.13. The first-order valence-corrected chi connectivity index (χ1v) is 5.12. The van der Waals surface area contributed by atoms with Gasteiger partial charge in [0.15, 0.2) is 0 Å². The lowest BCUT2D eigenvalue weighted by Crippen LogP contribution is -2.14. The maximum atomic E-state index is 9.40. The summed E-state index contributed by atoms with van der Waals surface area (Å²) in [6, 6.07) is 10.00. The first kappa shape index (κ1) is 11.2. The van der Waals surface area contributed by atoms with Gasteiger partial charge in [0.1, 0.15) is 0 Å². The number of aliphatic hydroxyl groups is 1. The van der Waals surface area contributed by atoms with Crippen molar-refractivity contribution in [3.8, 4) is 0 Å². The van der Waals surface area contributed by atoms with E-state index in [1.807, 2.05) is 30.3 Å². The smallest absolute Gasteiger partial charge is 0.0773 e. The molecule has 0 bridgehead atoms. The second-order valence-electron chi connectivity index (χ2n) is 3.44. The molecular formula is C12H18O2. The minimum absolute atomic E-state index is 0.316. The molecule has 1 atom stereocenters. The van der Waals surface area contributed by atoms with Gasteiger partial charge in [0, 0.05) is 0 Å². The number of aliphatic hydroxyl groups excluding tert-OH is 1. The molecule has 2 nitrogen and oxygen atoms in total. The molecule has 0 saturated carbocycles. The summed E-state index contributed by atoms with van der Waals surface area (Å²) in [5.74, 6) is 0. The minimum Gasteiger partial charge on any atom is -0.391 e. The average molecular weight is 194 g/mol. The molecule has 0 amide bonds. The molecule has 2 heteroatoms. The van der Waals surface area contributed by atoms with Crippen molar-refractivity contribution in [2.24, 2.45) is 0 Å². The van der Waals surface area contributed by atoms with E-state index in [2.05, 4.69) is 6.92 Å². The summed E-state index contributed by atoms with van der Waals surface area (Å²) in [6.07, 6.45) is 1.49. The van der Waals surface area contributed by atoms with Gasteiger partial charge >= 0.3 is 0 Å². The van der Waals surface area contributed by atoms with Gasteiger partial charge in [-0.05, 0) is 12.0 Å². The lowest BCUT2D eigenvalue weighted by molar-refractivity contribution is 0.0243. The van der Waals surface area contributed by atoms with Gasteiger partial charge in [0.2, 0.25) is 0 Å². The van der Waals surface area contributed by atoms with Crippen LogP contribution in [0.3, 0.4) is 0 Å². The number of rotatable bonds is 6. The van der Waals surface area contributed by atoms with Crippen LogP contribution in [0.4, 0.5) is 0 Å². The van der Waals surface area contributed by atoms with Gasteiger partial charge in [-0.1, -0.05) is 43.7 Å². The number of benzene rings is 1. The Balaban J connectivity index is 2.16. The third kappa shape index (κ3) is 4.40. The largest absolute Gasteiger partial charge is 0.391 e. The molecule has 1 rings (SSSR count). The first-order chi connectivity index (χ1) is 6.83. The Labute approximate surface area is 85.5 Å². The number of ether oxygens (including phenoxy) is 1. The van der Waals surface area contributed by atoms with Gasteiger partial charge in [-0.25, -0.2) is 0 Å². The molecule has 1 N–H and O–H groups in total. The molecule has 0 heterocycles. The number of hydrogen-bond acceptors (Lipinski definition) is 2. The van der Waals surface area contributed by atoms with Gasteiger partial charge in [0.25, 0.3) is 0 Å².